The molecule has 3 N–H and O–H groups in total. The molecule has 0 unspecified atom stereocenters. The van der Waals surface area contributed by atoms with Crippen molar-refractivity contribution in [1.29, 1.82) is 0 Å². The number of rotatable bonds is 2. The molecule has 9 heteroatoms. The molecular formula is C20H16Cl2N4O3. The summed E-state index contributed by atoms with van der Waals surface area (Å²) in [6, 6.07) is 6.43. The van der Waals surface area contributed by atoms with E-state index in [9.17, 15) is 15.1 Å². The Morgan fingerprint density at radius 1 is 1.21 bits per heavy atom. The second-order valence-electron chi connectivity index (χ2n) is 7.11. The van der Waals surface area contributed by atoms with E-state index < -0.39 is 5.60 Å². The smallest absolute Gasteiger partial charge is 0.256 e. The van der Waals surface area contributed by atoms with Gasteiger partial charge in [-0.3, -0.25) is 4.79 Å². The molecule has 1 aromatic carbocycles. The Kier molecular flexibility index (Phi) is 4.61. The van der Waals surface area contributed by atoms with Crippen LogP contribution in [-0.2, 0) is 5.60 Å². The maximum absolute atomic E-state index is 12.5. The highest BCUT2D eigenvalue weighted by Crippen LogP contribution is 2.37. The molecule has 29 heavy (non-hydrogen) atoms. The van der Waals surface area contributed by atoms with Crippen LogP contribution in [0.4, 0.5) is 5.69 Å². The number of H-pyrrole nitrogens is 1. The summed E-state index contributed by atoms with van der Waals surface area (Å²) in [5, 5.41) is 21.3. The van der Waals surface area contributed by atoms with Crippen molar-refractivity contribution in [2.75, 3.05) is 0 Å². The molecule has 0 amide bonds. The van der Waals surface area contributed by atoms with Crippen molar-refractivity contribution in [3.05, 3.63) is 74.3 Å². The average Bonchev–Trinajstić information content (AvgIpc) is 2.64. The van der Waals surface area contributed by atoms with Gasteiger partial charge in [0.15, 0.2) is 5.49 Å². The number of nitrogens with one attached hydrogen (secondary N) is 1. The first-order valence-corrected chi connectivity index (χ1v) is 9.40. The van der Waals surface area contributed by atoms with Gasteiger partial charge in [-0.25, -0.2) is 14.7 Å². The second-order valence-corrected chi connectivity index (χ2v) is 7.93. The van der Waals surface area contributed by atoms with Gasteiger partial charge in [-0.2, -0.15) is 0 Å². The zero-order valence-electron chi connectivity index (χ0n) is 15.4. The molecule has 2 aliphatic heterocycles. The fourth-order valence-corrected chi connectivity index (χ4v) is 3.66. The van der Waals surface area contributed by atoms with E-state index in [1.54, 1.807) is 38.1 Å². The maximum atomic E-state index is 12.5. The predicted molar refractivity (Wildman–Crippen MR) is 111 cm³/mol. The molecule has 1 aromatic heterocycles. The number of hydrogen-bond acceptors (Lipinski definition) is 5. The fourth-order valence-electron chi connectivity index (χ4n) is 3.09. The first-order chi connectivity index (χ1) is 13.6. The Balaban J connectivity index is 2.09. The van der Waals surface area contributed by atoms with E-state index in [1.807, 2.05) is 0 Å². The topological polar surface area (TPSA) is 104 Å². The van der Waals surface area contributed by atoms with Crippen LogP contribution >= 0.6 is 23.2 Å². The third-order valence-electron chi connectivity index (χ3n) is 4.56. The number of halogens is 2. The molecule has 3 heterocycles. The van der Waals surface area contributed by atoms with Gasteiger partial charge in [0.2, 0.25) is 0 Å². The minimum atomic E-state index is -1.12. The molecule has 0 spiro atoms. The van der Waals surface area contributed by atoms with Gasteiger partial charge in [-0.05, 0) is 43.7 Å². The van der Waals surface area contributed by atoms with Crippen molar-refractivity contribution in [1.82, 2.24) is 14.7 Å². The van der Waals surface area contributed by atoms with Crippen molar-refractivity contribution in [3.8, 4) is 11.3 Å². The highest BCUT2D eigenvalue weighted by Gasteiger charge is 2.20. The van der Waals surface area contributed by atoms with Crippen LogP contribution in [0.1, 0.15) is 19.4 Å². The first-order valence-electron chi connectivity index (χ1n) is 8.64. The molecule has 0 aliphatic carbocycles. The molecule has 4 rings (SSSR count). The third-order valence-corrected chi connectivity index (χ3v) is 5.14. The Morgan fingerprint density at radius 3 is 2.55 bits per heavy atom. The molecular weight excluding hydrogens is 415 g/mol. The standard InChI is InChI=1S/C20H16Cl2N4O3/c1-20(2,28)10-7-13(21)17(14(22)8-10)25-18-11-3-5-23-19(27)16(11)12-9-26(29)6-4-15(12)24-18/h3-9,28-29H,1-2H3,(H,23,27). The van der Waals surface area contributed by atoms with Gasteiger partial charge >= 0.3 is 0 Å². The highest BCUT2D eigenvalue weighted by molar-refractivity contribution is 6.38. The van der Waals surface area contributed by atoms with Gasteiger partial charge in [-0.1, -0.05) is 23.2 Å². The summed E-state index contributed by atoms with van der Waals surface area (Å²) in [5.74, 6) is 0. The second kappa shape index (κ2) is 6.88. The van der Waals surface area contributed by atoms with Crippen LogP contribution in [0.2, 0.25) is 10.0 Å². The summed E-state index contributed by atoms with van der Waals surface area (Å²) in [7, 11) is 0. The normalized spacial score (nSPS) is 12.8. The summed E-state index contributed by atoms with van der Waals surface area (Å²) in [4.78, 5) is 24.2. The number of benzene rings is 1. The molecule has 0 bridgehead atoms. The lowest BCUT2D eigenvalue weighted by molar-refractivity contribution is 0.0786. The quantitative estimate of drug-likeness (QED) is 0.332. The molecule has 2 aromatic rings. The van der Waals surface area contributed by atoms with Gasteiger partial charge in [-0.15, -0.1) is 0 Å². The Hall–Kier alpha value is -2.87. The highest BCUT2D eigenvalue weighted by atomic mass is 35.5. The molecule has 0 radical (unpaired) electrons. The largest absolute Gasteiger partial charge is 0.429 e. The summed E-state index contributed by atoms with van der Waals surface area (Å²) >= 11 is 12.8. The van der Waals surface area contributed by atoms with Crippen molar-refractivity contribution in [2.24, 2.45) is 4.99 Å². The van der Waals surface area contributed by atoms with Crippen LogP contribution in [-0.4, -0.2) is 25.0 Å². The van der Waals surface area contributed by atoms with Crippen molar-refractivity contribution in [3.63, 3.8) is 0 Å². The van der Waals surface area contributed by atoms with E-state index >= 15 is 0 Å². The number of aromatic nitrogens is 3. The van der Waals surface area contributed by atoms with Gasteiger partial charge in [0.1, 0.15) is 5.69 Å². The molecule has 0 fully saturated rings. The fraction of sp³-hybridized carbons (Fsp3) is 0.150. The van der Waals surface area contributed by atoms with Gasteiger partial charge in [0, 0.05) is 23.3 Å². The lowest BCUT2D eigenvalue weighted by Gasteiger charge is -2.19. The zero-order valence-corrected chi connectivity index (χ0v) is 17.0. The monoisotopic (exact) mass is 430 g/mol. The SMILES string of the molecule is CC(C)(O)c1cc(Cl)c(N=c2nc3ccn(O)cc-3c3c(=O)[nH]ccc23)c(Cl)c1. The van der Waals surface area contributed by atoms with Crippen LogP contribution in [0.3, 0.4) is 0 Å². The summed E-state index contributed by atoms with van der Waals surface area (Å²) < 4.78 is 0.857. The first kappa shape index (κ1) is 19.4. The Labute approximate surface area is 174 Å². The van der Waals surface area contributed by atoms with Crippen LogP contribution in [0.5, 0.6) is 0 Å². The minimum absolute atomic E-state index is 0.246. The molecule has 0 saturated carbocycles. The lowest BCUT2D eigenvalue weighted by Crippen LogP contribution is -2.18. The number of hydrogen-bond donors (Lipinski definition) is 3. The van der Waals surface area contributed by atoms with Gasteiger partial charge in [0.25, 0.3) is 5.56 Å². The van der Waals surface area contributed by atoms with Crippen LogP contribution in [0, 0.1) is 0 Å². The van der Waals surface area contributed by atoms with Crippen LogP contribution in [0.25, 0.3) is 22.0 Å². The zero-order chi connectivity index (χ0) is 20.9. The minimum Gasteiger partial charge on any atom is -0.429 e. The van der Waals surface area contributed by atoms with Crippen LogP contribution < -0.4 is 11.0 Å². The summed E-state index contributed by atoms with van der Waals surface area (Å²) in [6.07, 6.45) is 4.30. The number of aliphatic hydroxyl groups is 1. The van der Waals surface area contributed by atoms with Gasteiger partial charge < -0.3 is 15.3 Å². The number of aromatic amines is 1. The molecule has 0 atom stereocenters. The number of fused-ring (bicyclic) bond motifs is 3. The molecule has 148 valence electrons. The summed E-state index contributed by atoms with van der Waals surface area (Å²) in [5.41, 5.74) is 0.571. The van der Waals surface area contributed by atoms with E-state index in [2.05, 4.69) is 15.0 Å². The van der Waals surface area contributed by atoms with E-state index in [1.165, 1.54) is 18.6 Å². The maximum Gasteiger partial charge on any atom is 0.256 e. The van der Waals surface area contributed by atoms with Crippen molar-refractivity contribution in [2.45, 2.75) is 19.4 Å². The lowest BCUT2D eigenvalue weighted by atomic mass is 9.98. The number of nitrogens with zero attached hydrogens (tertiary/aromatic N) is 3. The van der Waals surface area contributed by atoms with Crippen molar-refractivity contribution < 1.29 is 10.3 Å². The summed E-state index contributed by atoms with van der Waals surface area (Å²) in [6.45, 7) is 3.26. The van der Waals surface area contributed by atoms with Crippen molar-refractivity contribution >= 4 is 39.7 Å². The van der Waals surface area contributed by atoms with E-state index in [0.29, 0.717) is 27.6 Å². The average molecular weight is 431 g/mol. The van der Waals surface area contributed by atoms with E-state index in [4.69, 9.17) is 23.2 Å². The molecule has 0 saturated heterocycles. The molecule has 2 aliphatic rings. The van der Waals surface area contributed by atoms with Crippen LogP contribution in [0.15, 0.2) is 52.6 Å². The molecule has 7 nitrogen and oxygen atoms in total. The predicted octanol–water partition coefficient (Wildman–Crippen LogP) is 3.83. The number of pyridine rings is 3. The van der Waals surface area contributed by atoms with E-state index in [0.717, 1.165) is 4.73 Å². The Bertz CT molecular complexity index is 1330. The Morgan fingerprint density at radius 2 is 1.90 bits per heavy atom. The van der Waals surface area contributed by atoms with E-state index in [-0.39, 0.29) is 26.8 Å². The third kappa shape index (κ3) is 3.48. The van der Waals surface area contributed by atoms with Gasteiger partial charge in [0.05, 0.1) is 32.9 Å².